The Morgan fingerprint density at radius 1 is 1.36 bits per heavy atom. The van der Waals surface area contributed by atoms with Crippen LogP contribution in [0.4, 0.5) is 10.5 Å². The van der Waals surface area contributed by atoms with Gasteiger partial charge in [0.1, 0.15) is 5.60 Å². The molecule has 122 valence electrons. The molecule has 2 atom stereocenters. The van der Waals surface area contributed by atoms with Crippen molar-refractivity contribution in [3.63, 3.8) is 0 Å². The number of nitrogens with two attached hydrogens (primary N) is 1. The first-order valence-electron chi connectivity index (χ1n) is 7.68. The zero-order valence-corrected chi connectivity index (χ0v) is 14.5. The standard InChI is InChI=1S/C17H25ClN2O2/c1-11-7-13(12-5-6-14(18)15(19)8-12)10-20(9-11)16(21)22-17(2,3)4/h5-6,8,11,13H,7,9-10,19H2,1-4H3. The van der Waals surface area contributed by atoms with Crippen molar-refractivity contribution in [1.29, 1.82) is 0 Å². The van der Waals surface area contributed by atoms with Crippen LogP contribution in [0.5, 0.6) is 0 Å². The van der Waals surface area contributed by atoms with Crippen molar-refractivity contribution in [2.24, 2.45) is 5.92 Å². The highest BCUT2D eigenvalue weighted by Crippen LogP contribution is 2.33. The molecule has 1 amide bonds. The van der Waals surface area contributed by atoms with Crippen LogP contribution in [0.1, 0.15) is 45.6 Å². The molecule has 2 unspecified atom stereocenters. The van der Waals surface area contributed by atoms with Crippen LogP contribution >= 0.6 is 11.6 Å². The quantitative estimate of drug-likeness (QED) is 0.784. The summed E-state index contributed by atoms with van der Waals surface area (Å²) in [6.45, 7) is 9.19. The largest absolute Gasteiger partial charge is 0.444 e. The molecule has 0 aliphatic carbocycles. The number of nitrogens with zero attached hydrogens (tertiary/aromatic N) is 1. The number of halogens is 1. The monoisotopic (exact) mass is 324 g/mol. The molecular weight excluding hydrogens is 300 g/mol. The molecule has 1 saturated heterocycles. The van der Waals surface area contributed by atoms with Gasteiger partial charge in [0.05, 0.1) is 10.7 Å². The molecule has 2 rings (SSSR count). The number of nitrogen functional groups attached to an aromatic ring is 1. The van der Waals surface area contributed by atoms with E-state index in [-0.39, 0.29) is 12.0 Å². The molecule has 0 bridgehead atoms. The van der Waals surface area contributed by atoms with Crippen LogP contribution in [0.15, 0.2) is 18.2 Å². The second-order valence-corrected chi connectivity index (χ2v) is 7.61. The third-order valence-corrected chi connectivity index (χ3v) is 4.15. The Morgan fingerprint density at radius 3 is 2.64 bits per heavy atom. The van der Waals surface area contributed by atoms with Crippen molar-refractivity contribution < 1.29 is 9.53 Å². The molecule has 0 spiro atoms. The van der Waals surface area contributed by atoms with Gasteiger partial charge in [-0.2, -0.15) is 0 Å². The molecule has 1 aromatic rings. The lowest BCUT2D eigenvalue weighted by Crippen LogP contribution is -2.44. The maximum absolute atomic E-state index is 12.3. The smallest absolute Gasteiger partial charge is 0.410 e. The molecular formula is C17H25ClN2O2. The minimum atomic E-state index is -0.474. The highest BCUT2D eigenvalue weighted by Gasteiger charge is 2.31. The molecule has 5 heteroatoms. The average molecular weight is 325 g/mol. The highest BCUT2D eigenvalue weighted by molar-refractivity contribution is 6.33. The predicted molar refractivity (Wildman–Crippen MR) is 90.2 cm³/mol. The maximum atomic E-state index is 12.3. The topological polar surface area (TPSA) is 55.6 Å². The summed E-state index contributed by atoms with van der Waals surface area (Å²) in [5.41, 5.74) is 7.14. The van der Waals surface area contributed by atoms with E-state index in [4.69, 9.17) is 22.1 Å². The van der Waals surface area contributed by atoms with Crippen molar-refractivity contribution in [2.75, 3.05) is 18.8 Å². The summed E-state index contributed by atoms with van der Waals surface area (Å²) in [5, 5.41) is 0.566. The number of carbonyl (C=O) groups is 1. The summed E-state index contributed by atoms with van der Waals surface area (Å²) in [5.74, 6) is 0.680. The maximum Gasteiger partial charge on any atom is 0.410 e. The number of hydrogen-bond acceptors (Lipinski definition) is 3. The van der Waals surface area contributed by atoms with Crippen molar-refractivity contribution in [1.82, 2.24) is 4.90 Å². The fraction of sp³-hybridized carbons (Fsp3) is 0.588. The van der Waals surface area contributed by atoms with E-state index < -0.39 is 5.60 Å². The van der Waals surface area contributed by atoms with Gasteiger partial charge in [0, 0.05) is 19.0 Å². The number of ether oxygens (including phenoxy) is 1. The van der Waals surface area contributed by atoms with Gasteiger partial charge in [-0.25, -0.2) is 4.79 Å². The van der Waals surface area contributed by atoms with Crippen molar-refractivity contribution >= 4 is 23.4 Å². The molecule has 0 radical (unpaired) electrons. The van der Waals surface area contributed by atoms with E-state index in [9.17, 15) is 4.79 Å². The highest BCUT2D eigenvalue weighted by atomic mass is 35.5. The van der Waals surface area contributed by atoms with Gasteiger partial charge in [0.2, 0.25) is 0 Å². The third-order valence-electron chi connectivity index (χ3n) is 3.80. The molecule has 1 aromatic carbocycles. The Hall–Kier alpha value is -1.42. The first-order chi connectivity index (χ1) is 10.2. The zero-order chi connectivity index (χ0) is 16.5. The van der Waals surface area contributed by atoms with Crippen LogP contribution in [0.25, 0.3) is 0 Å². The Balaban J connectivity index is 2.13. The molecule has 2 N–H and O–H groups in total. The van der Waals surface area contributed by atoms with Gasteiger partial charge in [0.15, 0.2) is 0 Å². The fourth-order valence-electron chi connectivity index (χ4n) is 2.88. The second kappa shape index (κ2) is 6.37. The SMILES string of the molecule is CC1CC(c2ccc(Cl)c(N)c2)CN(C(=O)OC(C)(C)C)C1. The van der Waals surface area contributed by atoms with Gasteiger partial charge in [-0.15, -0.1) is 0 Å². The molecule has 1 heterocycles. The van der Waals surface area contributed by atoms with Gasteiger partial charge in [0.25, 0.3) is 0 Å². The molecule has 22 heavy (non-hydrogen) atoms. The van der Waals surface area contributed by atoms with Crippen molar-refractivity contribution in [2.45, 2.75) is 45.6 Å². The van der Waals surface area contributed by atoms with E-state index >= 15 is 0 Å². The summed E-state index contributed by atoms with van der Waals surface area (Å²) in [7, 11) is 0. The van der Waals surface area contributed by atoms with E-state index in [1.54, 1.807) is 4.90 Å². The van der Waals surface area contributed by atoms with Crippen LogP contribution < -0.4 is 5.73 Å². The van der Waals surface area contributed by atoms with Crippen LogP contribution in [0, 0.1) is 5.92 Å². The number of hydrogen-bond donors (Lipinski definition) is 1. The lowest BCUT2D eigenvalue weighted by atomic mass is 9.85. The van der Waals surface area contributed by atoms with Crippen molar-refractivity contribution in [3.05, 3.63) is 28.8 Å². The second-order valence-electron chi connectivity index (χ2n) is 7.20. The Kier molecular flexibility index (Phi) is 4.90. The van der Waals surface area contributed by atoms with E-state index in [0.717, 1.165) is 18.5 Å². The minimum absolute atomic E-state index is 0.244. The number of anilines is 1. The fourth-order valence-corrected chi connectivity index (χ4v) is 3.00. The zero-order valence-electron chi connectivity index (χ0n) is 13.7. The Bertz CT molecular complexity index is 554. The molecule has 1 aliphatic heterocycles. The first-order valence-corrected chi connectivity index (χ1v) is 8.06. The summed E-state index contributed by atoms with van der Waals surface area (Å²) < 4.78 is 5.49. The predicted octanol–water partition coefficient (Wildman–Crippen LogP) is 4.28. The minimum Gasteiger partial charge on any atom is -0.444 e. The molecule has 1 fully saturated rings. The number of rotatable bonds is 1. The van der Waals surface area contributed by atoms with Gasteiger partial charge >= 0.3 is 6.09 Å². The van der Waals surface area contributed by atoms with E-state index in [1.807, 2.05) is 39.0 Å². The van der Waals surface area contributed by atoms with Crippen LogP contribution in [0.2, 0.25) is 5.02 Å². The summed E-state index contributed by atoms with van der Waals surface area (Å²) in [6.07, 6.45) is 0.784. The van der Waals surface area contributed by atoms with Gasteiger partial charge in [-0.05, 0) is 50.8 Å². The Labute approximate surface area is 137 Å². The van der Waals surface area contributed by atoms with Gasteiger partial charge in [-0.1, -0.05) is 24.6 Å². The third kappa shape index (κ3) is 4.29. The van der Waals surface area contributed by atoms with Gasteiger partial charge < -0.3 is 15.4 Å². The average Bonchev–Trinajstić information content (AvgIpc) is 2.39. The Morgan fingerprint density at radius 2 is 2.05 bits per heavy atom. The number of carbonyl (C=O) groups excluding carboxylic acids is 1. The molecule has 0 saturated carbocycles. The van der Waals surface area contributed by atoms with Crippen LogP contribution in [0.3, 0.4) is 0 Å². The summed E-state index contributed by atoms with van der Waals surface area (Å²) >= 11 is 5.99. The van der Waals surface area contributed by atoms with Crippen LogP contribution in [-0.4, -0.2) is 29.7 Å². The first kappa shape index (κ1) is 16.9. The summed E-state index contributed by atoms with van der Waals surface area (Å²) in [4.78, 5) is 14.1. The van der Waals surface area contributed by atoms with Gasteiger partial charge in [-0.3, -0.25) is 0 Å². The van der Waals surface area contributed by atoms with E-state index in [0.29, 0.717) is 23.2 Å². The normalized spacial score (nSPS) is 22.5. The lowest BCUT2D eigenvalue weighted by molar-refractivity contribution is 0.0151. The summed E-state index contributed by atoms with van der Waals surface area (Å²) in [6, 6.07) is 5.73. The number of piperidine rings is 1. The van der Waals surface area contributed by atoms with E-state index in [1.165, 1.54) is 0 Å². The molecule has 1 aliphatic rings. The number of benzene rings is 1. The number of amides is 1. The molecule has 4 nitrogen and oxygen atoms in total. The van der Waals surface area contributed by atoms with Crippen molar-refractivity contribution in [3.8, 4) is 0 Å². The van der Waals surface area contributed by atoms with Crippen LogP contribution in [-0.2, 0) is 4.74 Å². The lowest BCUT2D eigenvalue weighted by Gasteiger charge is -2.37. The van der Waals surface area contributed by atoms with E-state index in [2.05, 4.69) is 6.92 Å². The number of likely N-dealkylation sites (tertiary alicyclic amines) is 1. The molecule has 0 aromatic heterocycles.